The third-order valence-electron chi connectivity index (χ3n) is 2.05. The molecule has 0 bridgehead atoms. The van der Waals surface area contributed by atoms with Gasteiger partial charge in [-0.15, -0.1) is 6.42 Å². The van der Waals surface area contributed by atoms with Gasteiger partial charge in [0.05, 0.1) is 12.5 Å². The average molecular weight is 177 g/mol. The molecule has 0 amide bonds. The normalized spacial score (nSPS) is 25.7. The van der Waals surface area contributed by atoms with Crippen molar-refractivity contribution < 1.29 is 13.2 Å². The molecule has 12 heavy (non-hydrogen) atoms. The molecular formula is C8H10F3N. The van der Waals surface area contributed by atoms with Crippen molar-refractivity contribution in [3.63, 3.8) is 0 Å². The molecule has 0 aromatic rings. The van der Waals surface area contributed by atoms with Crippen molar-refractivity contribution in [2.24, 2.45) is 5.92 Å². The van der Waals surface area contributed by atoms with E-state index >= 15 is 0 Å². The van der Waals surface area contributed by atoms with Crippen LogP contribution < -0.4 is 0 Å². The Hall–Kier alpha value is -0.690. The predicted molar refractivity (Wildman–Crippen MR) is 39.4 cm³/mol. The number of halogens is 3. The zero-order valence-electron chi connectivity index (χ0n) is 6.56. The molecule has 4 heteroatoms. The topological polar surface area (TPSA) is 3.24 Å². The highest BCUT2D eigenvalue weighted by molar-refractivity contribution is 4.91. The van der Waals surface area contributed by atoms with Crippen LogP contribution in [0.3, 0.4) is 0 Å². The van der Waals surface area contributed by atoms with Crippen molar-refractivity contribution in [3.8, 4) is 12.3 Å². The number of hydrogen-bond donors (Lipinski definition) is 0. The van der Waals surface area contributed by atoms with Crippen LogP contribution in [0.2, 0.25) is 0 Å². The van der Waals surface area contributed by atoms with E-state index in [1.807, 2.05) is 0 Å². The SMILES string of the molecule is C#CCN1CCC(C(F)(F)F)C1. The van der Waals surface area contributed by atoms with E-state index in [9.17, 15) is 13.2 Å². The fourth-order valence-electron chi connectivity index (χ4n) is 1.37. The second-order valence-corrected chi connectivity index (χ2v) is 2.97. The Morgan fingerprint density at radius 3 is 2.58 bits per heavy atom. The lowest BCUT2D eigenvalue weighted by molar-refractivity contribution is -0.170. The standard InChI is InChI=1S/C8H10F3N/c1-2-4-12-5-3-7(6-12)8(9,10)11/h1,7H,3-6H2. The van der Waals surface area contributed by atoms with Crippen LogP contribution in [0.1, 0.15) is 6.42 Å². The molecule has 1 rings (SSSR count). The molecule has 1 atom stereocenters. The maximum Gasteiger partial charge on any atom is 0.393 e. The van der Waals surface area contributed by atoms with Crippen molar-refractivity contribution in [2.75, 3.05) is 19.6 Å². The second-order valence-electron chi connectivity index (χ2n) is 2.97. The van der Waals surface area contributed by atoms with Crippen LogP contribution in [-0.4, -0.2) is 30.7 Å². The molecule has 1 fully saturated rings. The Labute approximate surface area is 69.5 Å². The number of hydrogen-bond acceptors (Lipinski definition) is 1. The monoisotopic (exact) mass is 177 g/mol. The summed E-state index contributed by atoms with van der Waals surface area (Å²) in [4.78, 5) is 1.65. The molecule has 1 saturated heterocycles. The summed E-state index contributed by atoms with van der Waals surface area (Å²) >= 11 is 0. The molecule has 68 valence electrons. The summed E-state index contributed by atoms with van der Waals surface area (Å²) in [6, 6.07) is 0. The molecule has 0 radical (unpaired) electrons. The molecule has 0 spiro atoms. The van der Waals surface area contributed by atoms with E-state index in [0.717, 1.165) is 0 Å². The summed E-state index contributed by atoms with van der Waals surface area (Å²) in [5, 5.41) is 0. The Balaban J connectivity index is 2.42. The smallest absolute Gasteiger partial charge is 0.292 e. The fraction of sp³-hybridized carbons (Fsp3) is 0.750. The first-order valence-corrected chi connectivity index (χ1v) is 3.76. The van der Waals surface area contributed by atoms with Gasteiger partial charge in [-0.3, -0.25) is 4.90 Å². The van der Waals surface area contributed by atoms with Gasteiger partial charge in [-0.25, -0.2) is 0 Å². The summed E-state index contributed by atoms with van der Waals surface area (Å²) in [6.45, 7) is 0.856. The van der Waals surface area contributed by atoms with Crippen LogP contribution in [0.5, 0.6) is 0 Å². The van der Waals surface area contributed by atoms with Crippen molar-refractivity contribution in [1.82, 2.24) is 4.90 Å². The van der Waals surface area contributed by atoms with Crippen LogP contribution in [0.15, 0.2) is 0 Å². The average Bonchev–Trinajstić information content (AvgIpc) is 2.35. The number of alkyl halides is 3. The maximum absolute atomic E-state index is 12.1. The summed E-state index contributed by atoms with van der Waals surface area (Å²) in [6.07, 6.45) is 1.12. The van der Waals surface area contributed by atoms with E-state index in [4.69, 9.17) is 6.42 Å². The van der Waals surface area contributed by atoms with Crippen LogP contribution in [-0.2, 0) is 0 Å². The Morgan fingerprint density at radius 2 is 2.17 bits per heavy atom. The lowest BCUT2D eigenvalue weighted by atomic mass is 10.1. The van der Waals surface area contributed by atoms with Gasteiger partial charge < -0.3 is 0 Å². The van der Waals surface area contributed by atoms with Crippen LogP contribution in [0, 0.1) is 18.3 Å². The predicted octanol–water partition coefficient (Wildman–Crippen LogP) is 1.50. The molecule has 1 aliphatic heterocycles. The largest absolute Gasteiger partial charge is 0.393 e. The Kier molecular flexibility index (Phi) is 2.63. The molecule has 1 unspecified atom stereocenters. The zero-order valence-corrected chi connectivity index (χ0v) is 6.56. The van der Waals surface area contributed by atoms with E-state index in [1.54, 1.807) is 4.90 Å². The molecule has 0 aromatic heterocycles. The minimum Gasteiger partial charge on any atom is -0.292 e. The quantitative estimate of drug-likeness (QED) is 0.549. The summed E-state index contributed by atoms with van der Waals surface area (Å²) in [7, 11) is 0. The molecule has 1 heterocycles. The van der Waals surface area contributed by atoms with Crippen LogP contribution in [0.25, 0.3) is 0 Å². The second kappa shape index (κ2) is 3.36. The molecule has 0 N–H and O–H groups in total. The molecular weight excluding hydrogens is 167 g/mol. The summed E-state index contributed by atoms with van der Waals surface area (Å²) in [5.74, 6) is 1.17. The Bertz CT molecular complexity index is 191. The minimum atomic E-state index is -4.05. The van der Waals surface area contributed by atoms with Crippen molar-refractivity contribution >= 4 is 0 Å². The van der Waals surface area contributed by atoms with Crippen molar-refractivity contribution in [1.29, 1.82) is 0 Å². The number of terminal acetylenes is 1. The van der Waals surface area contributed by atoms with Crippen molar-refractivity contribution in [3.05, 3.63) is 0 Å². The highest BCUT2D eigenvalue weighted by Crippen LogP contribution is 2.32. The van der Waals surface area contributed by atoms with Crippen molar-refractivity contribution in [2.45, 2.75) is 12.6 Å². The van der Waals surface area contributed by atoms with Crippen LogP contribution >= 0.6 is 0 Å². The van der Waals surface area contributed by atoms with Gasteiger partial charge in [-0.05, 0) is 13.0 Å². The molecule has 0 saturated carbocycles. The van der Waals surface area contributed by atoms with Gasteiger partial charge in [0.2, 0.25) is 0 Å². The highest BCUT2D eigenvalue weighted by Gasteiger charge is 2.43. The van der Waals surface area contributed by atoms with Gasteiger partial charge >= 0.3 is 6.18 Å². The molecule has 1 aliphatic rings. The fourth-order valence-corrected chi connectivity index (χ4v) is 1.37. The van der Waals surface area contributed by atoms with Gasteiger partial charge in [0.1, 0.15) is 0 Å². The van der Waals surface area contributed by atoms with E-state index in [1.165, 1.54) is 0 Å². The third kappa shape index (κ3) is 2.15. The minimum absolute atomic E-state index is 0.0632. The van der Waals surface area contributed by atoms with Gasteiger partial charge in [0.15, 0.2) is 0 Å². The Morgan fingerprint density at radius 1 is 1.50 bits per heavy atom. The zero-order chi connectivity index (χ0) is 9.19. The first-order chi connectivity index (χ1) is 5.54. The van der Waals surface area contributed by atoms with Gasteiger partial charge in [-0.2, -0.15) is 13.2 Å². The molecule has 1 nitrogen and oxygen atoms in total. The van der Waals surface area contributed by atoms with E-state index in [-0.39, 0.29) is 13.0 Å². The van der Waals surface area contributed by atoms with Gasteiger partial charge in [-0.1, -0.05) is 5.92 Å². The highest BCUT2D eigenvalue weighted by atomic mass is 19.4. The van der Waals surface area contributed by atoms with Gasteiger partial charge in [0.25, 0.3) is 0 Å². The lowest BCUT2D eigenvalue weighted by Crippen LogP contribution is -2.27. The number of nitrogens with zero attached hydrogens (tertiary/aromatic N) is 1. The van der Waals surface area contributed by atoms with Gasteiger partial charge in [0, 0.05) is 6.54 Å². The molecule has 0 aromatic carbocycles. The van der Waals surface area contributed by atoms with Crippen LogP contribution in [0.4, 0.5) is 13.2 Å². The first kappa shape index (κ1) is 9.40. The van der Waals surface area contributed by atoms with E-state index in [0.29, 0.717) is 13.1 Å². The summed E-state index contributed by atoms with van der Waals surface area (Å²) < 4.78 is 36.3. The maximum atomic E-state index is 12.1. The number of rotatable bonds is 1. The number of likely N-dealkylation sites (tertiary alicyclic amines) is 1. The van der Waals surface area contributed by atoms with E-state index < -0.39 is 12.1 Å². The lowest BCUT2D eigenvalue weighted by Gasteiger charge is -2.15. The van der Waals surface area contributed by atoms with E-state index in [2.05, 4.69) is 5.92 Å². The first-order valence-electron chi connectivity index (χ1n) is 3.76. The third-order valence-corrected chi connectivity index (χ3v) is 2.05. The summed E-state index contributed by atoms with van der Waals surface area (Å²) in [5.41, 5.74) is 0. The molecule has 0 aliphatic carbocycles.